The quantitative estimate of drug-likeness (QED) is 0.211. The van der Waals surface area contributed by atoms with Crippen LogP contribution in [0.3, 0.4) is 0 Å². The first-order valence-corrected chi connectivity index (χ1v) is 15.1. The molecule has 2 heterocycles. The van der Waals surface area contributed by atoms with Gasteiger partial charge in [0.05, 0.1) is 22.8 Å². The van der Waals surface area contributed by atoms with Gasteiger partial charge in [-0.25, -0.2) is 18.1 Å². The van der Waals surface area contributed by atoms with Gasteiger partial charge in [-0.3, -0.25) is 4.72 Å². The lowest BCUT2D eigenvalue weighted by Gasteiger charge is -2.13. The van der Waals surface area contributed by atoms with Crippen LogP contribution in [0.15, 0.2) is 24.3 Å². The van der Waals surface area contributed by atoms with Crippen LogP contribution in [0.1, 0.15) is 93.8 Å². The Bertz CT molecular complexity index is 1230. The van der Waals surface area contributed by atoms with Crippen LogP contribution in [0.25, 0.3) is 17.2 Å². The van der Waals surface area contributed by atoms with E-state index in [1.165, 1.54) is 44.9 Å². The fraction of sp³-hybridized carbons (Fsp3) is 0.571. The van der Waals surface area contributed by atoms with Crippen LogP contribution in [-0.4, -0.2) is 33.9 Å². The molecule has 0 aliphatic carbocycles. The average Bonchev–Trinajstić information content (AvgIpc) is 3.36. The third-order valence-corrected chi connectivity index (χ3v) is 7.90. The van der Waals surface area contributed by atoms with Gasteiger partial charge in [-0.15, -0.1) is 0 Å². The molecule has 198 valence electrons. The molecule has 3 rings (SSSR count). The van der Waals surface area contributed by atoms with Crippen LogP contribution >= 0.6 is 0 Å². The van der Waals surface area contributed by atoms with Crippen molar-refractivity contribution in [3.05, 3.63) is 46.9 Å². The van der Waals surface area contributed by atoms with E-state index < -0.39 is 10.0 Å². The molecule has 0 spiro atoms. The summed E-state index contributed by atoms with van der Waals surface area (Å²) in [5.41, 5.74) is 5.84. The largest absolute Gasteiger partial charge is 0.326 e. The highest BCUT2D eigenvalue weighted by atomic mass is 32.2. The van der Waals surface area contributed by atoms with E-state index in [0.717, 1.165) is 46.7 Å². The predicted molar refractivity (Wildman–Crippen MR) is 149 cm³/mol. The van der Waals surface area contributed by atoms with E-state index in [4.69, 9.17) is 4.98 Å². The van der Waals surface area contributed by atoms with Gasteiger partial charge in [0.1, 0.15) is 0 Å². The van der Waals surface area contributed by atoms with Gasteiger partial charge in [-0.1, -0.05) is 76.3 Å². The number of nitrogens with zero attached hydrogens (tertiary/aromatic N) is 3. The second kappa shape index (κ2) is 13.1. The topological polar surface area (TPSA) is 92.7 Å². The number of benzene rings is 1. The third kappa shape index (κ3) is 7.95. The number of H-pyrrole nitrogens is 1. The van der Waals surface area contributed by atoms with Crippen molar-refractivity contribution in [2.75, 3.05) is 10.5 Å². The van der Waals surface area contributed by atoms with E-state index in [0.29, 0.717) is 18.1 Å². The number of aromatic amines is 1. The van der Waals surface area contributed by atoms with Gasteiger partial charge in [0.2, 0.25) is 16.0 Å². The van der Waals surface area contributed by atoms with Gasteiger partial charge < -0.3 is 4.98 Å². The zero-order valence-corrected chi connectivity index (χ0v) is 23.5. The standard InChI is InChI=1S/C28H43N5O2S/c1-6-7-8-9-10-11-12-13-14-15-18-36(34,35)32-26-17-16-21(2)19-25(26)27-24(5)29-28(30-27)33-23(4)20-22(3)31-33/h16-17,19-20,32H,6-15,18H2,1-5H3,(H,29,30). The van der Waals surface area contributed by atoms with E-state index in [-0.39, 0.29) is 5.75 Å². The van der Waals surface area contributed by atoms with Gasteiger partial charge >= 0.3 is 0 Å². The van der Waals surface area contributed by atoms with Crippen molar-refractivity contribution in [3.8, 4) is 17.2 Å². The summed E-state index contributed by atoms with van der Waals surface area (Å²) in [5.74, 6) is 0.752. The number of nitrogens with one attached hydrogen (secondary N) is 2. The Morgan fingerprint density at radius 1 is 0.889 bits per heavy atom. The summed E-state index contributed by atoms with van der Waals surface area (Å²) in [5, 5.41) is 4.52. The minimum Gasteiger partial charge on any atom is -0.326 e. The lowest BCUT2D eigenvalue weighted by atomic mass is 10.1. The van der Waals surface area contributed by atoms with Gasteiger partial charge in [-0.05, 0) is 52.3 Å². The van der Waals surface area contributed by atoms with Crippen molar-refractivity contribution in [1.29, 1.82) is 0 Å². The normalized spacial score (nSPS) is 11.8. The molecule has 2 N–H and O–H groups in total. The number of hydrogen-bond donors (Lipinski definition) is 2. The van der Waals surface area contributed by atoms with Crippen LogP contribution in [0.2, 0.25) is 0 Å². The Morgan fingerprint density at radius 2 is 1.53 bits per heavy atom. The van der Waals surface area contributed by atoms with E-state index in [1.54, 1.807) is 4.68 Å². The average molecular weight is 514 g/mol. The van der Waals surface area contributed by atoms with E-state index >= 15 is 0 Å². The van der Waals surface area contributed by atoms with E-state index in [9.17, 15) is 8.42 Å². The number of unbranched alkanes of at least 4 members (excludes halogenated alkanes) is 9. The Morgan fingerprint density at radius 3 is 2.14 bits per heavy atom. The maximum absolute atomic E-state index is 12.9. The zero-order chi connectivity index (χ0) is 26.1. The fourth-order valence-electron chi connectivity index (χ4n) is 4.59. The second-order valence-corrected chi connectivity index (χ2v) is 11.9. The van der Waals surface area contributed by atoms with Gasteiger partial charge in [0.15, 0.2) is 0 Å². The molecule has 0 aliphatic heterocycles. The lowest BCUT2D eigenvalue weighted by Crippen LogP contribution is -2.17. The highest BCUT2D eigenvalue weighted by molar-refractivity contribution is 7.92. The maximum Gasteiger partial charge on any atom is 0.232 e. The van der Waals surface area contributed by atoms with Gasteiger partial charge in [0.25, 0.3) is 0 Å². The predicted octanol–water partition coefficient (Wildman–Crippen LogP) is 7.16. The first-order chi connectivity index (χ1) is 17.2. The molecule has 36 heavy (non-hydrogen) atoms. The SMILES string of the molecule is CCCCCCCCCCCCS(=O)(=O)Nc1ccc(C)cc1-c1nc(-n2nc(C)cc2C)[nH]c1C. The Balaban J connectivity index is 1.62. The second-order valence-electron chi connectivity index (χ2n) is 10.0. The molecule has 0 bridgehead atoms. The van der Waals surface area contributed by atoms with Crippen molar-refractivity contribution >= 4 is 15.7 Å². The van der Waals surface area contributed by atoms with Crippen molar-refractivity contribution in [2.24, 2.45) is 0 Å². The number of imidazole rings is 1. The lowest BCUT2D eigenvalue weighted by molar-refractivity contribution is 0.558. The highest BCUT2D eigenvalue weighted by Gasteiger charge is 2.19. The molecular formula is C28H43N5O2S. The third-order valence-electron chi connectivity index (χ3n) is 6.54. The van der Waals surface area contributed by atoms with Crippen molar-refractivity contribution < 1.29 is 8.42 Å². The van der Waals surface area contributed by atoms with Crippen LogP contribution in [-0.2, 0) is 10.0 Å². The summed E-state index contributed by atoms with van der Waals surface area (Å²) >= 11 is 0. The van der Waals surface area contributed by atoms with E-state index in [2.05, 4.69) is 21.7 Å². The summed E-state index contributed by atoms with van der Waals surface area (Å²) in [7, 11) is -3.45. The number of rotatable bonds is 15. The first-order valence-electron chi connectivity index (χ1n) is 13.4. The Hall–Kier alpha value is -2.61. The van der Waals surface area contributed by atoms with Crippen LogP contribution in [0, 0.1) is 27.7 Å². The molecule has 2 aromatic heterocycles. The van der Waals surface area contributed by atoms with Crippen molar-refractivity contribution in [2.45, 2.75) is 98.8 Å². The minimum atomic E-state index is -3.45. The molecule has 0 fully saturated rings. The number of sulfonamides is 1. The number of hydrogen-bond acceptors (Lipinski definition) is 4. The Labute approximate surface area is 217 Å². The molecular weight excluding hydrogens is 470 g/mol. The van der Waals surface area contributed by atoms with Gasteiger partial charge in [-0.2, -0.15) is 5.10 Å². The summed E-state index contributed by atoms with van der Waals surface area (Å²) in [6, 6.07) is 7.73. The molecule has 0 amide bonds. The molecule has 8 heteroatoms. The van der Waals surface area contributed by atoms with E-state index in [1.807, 2.05) is 52.0 Å². The summed E-state index contributed by atoms with van der Waals surface area (Å²) < 4.78 is 30.4. The molecule has 0 atom stereocenters. The van der Waals surface area contributed by atoms with Gasteiger partial charge in [0, 0.05) is 17.0 Å². The first kappa shape index (κ1) is 28.0. The molecule has 1 aromatic carbocycles. The monoisotopic (exact) mass is 513 g/mol. The number of anilines is 1. The number of aromatic nitrogens is 4. The van der Waals surface area contributed by atoms with Crippen molar-refractivity contribution in [1.82, 2.24) is 19.7 Å². The maximum atomic E-state index is 12.9. The summed E-state index contributed by atoms with van der Waals surface area (Å²) in [6.07, 6.45) is 11.7. The summed E-state index contributed by atoms with van der Waals surface area (Å²) in [4.78, 5) is 8.10. The minimum absolute atomic E-state index is 0.132. The molecule has 0 saturated carbocycles. The molecule has 0 unspecified atom stereocenters. The number of aryl methyl sites for hydroxylation is 4. The van der Waals surface area contributed by atoms with Crippen LogP contribution < -0.4 is 4.72 Å². The molecule has 0 aliphatic rings. The van der Waals surface area contributed by atoms with Crippen molar-refractivity contribution in [3.63, 3.8) is 0 Å². The fourth-order valence-corrected chi connectivity index (χ4v) is 5.79. The smallest absolute Gasteiger partial charge is 0.232 e. The van der Waals surface area contributed by atoms with Crippen LogP contribution in [0.4, 0.5) is 5.69 Å². The summed E-state index contributed by atoms with van der Waals surface area (Å²) in [6.45, 7) is 10.1. The molecule has 0 saturated heterocycles. The van der Waals surface area contributed by atoms with Crippen LogP contribution in [0.5, 0.6) is 0 Å². The molecule has 3 aromatic rings. The highest BCUT2D eigenvalue weighted by Crippen LogP contribution is 2.32. The zero-order valence-electron chi connectivity index (χ0n) is 22.7. The molecule has 7 nitrogen and oxygen atoms in total. The Kier molecular flexibility index (Phi) is 10.2. The molecule has 0 radical (unpaired) electrons.